The van der Waals surface area contributed by atoms with Gasteiger partial charge in [0.05, 0.1) is 20.8 Å². The van der Waals surface area contributed by atoms with Crippen LogP contribution in [0.25, 0.3) is 0 Å². The van der Waals surface area contributed by atoms with Crippen molar-refractivity contribution in [1.29, 1.82) is 0 Å². The molecule has 6 nitrogen and oxygen atoms in total. The van der Waals surface area contributed by atoms with Gasteiger partial charge in [0.25, 0.3) is 0 Å². The number of hydrogen-bond acceptors (Lipinski definition) is 6. The van der Waals surface area contributed by atoms with Gasteiger partial charge in [-0.1, -0.05) is 18.1 Å². The molecule has 114 valence electrons. The van der Waals surface area contributed by atoms with Crippen LogP contribution < -0.4 is 14.8 Å². The Morgan fingerprint density at radius 1 is 1.24 bits per heavy atom. The molecule has 6 heteroatoms. The first-order valence-electron chi connectivity index (χ1n) is 6.92. The molecule has 21 heavy (non-hydrogen) atoms. The zero-order valence-corrected chi connectivity index (χ0v) is 12.8. The molecule has 0 saturated carbocycles. The summed E-state index contributed by atoms with van der Waals surface area (Å²) in [4.78, 5) is 4.19. The molecule has 0 amide bonds. The van der Waals surface area contributed by atoms with Crippen molar-refractivity contribution in [2.75, 3.05) is 14.2 Å². The highest BCUT2D eigenvalue weighted by molar-refractivity contribution is 5.43. The average Bonchev–Trinajstić information content (AvgIpc) is 2.93. The molecule has 0 saturated heterocycles. The van der Waals surface area contributed by atoms with Crippen LogP contribution in [0.2, 0.25) is 0 Å². The van der Waals surface area contributed by atoms with Gasteiger partial charge in [0.2, 0.25) is 5.89 Å². The van der Waals surface area contributed by atoms with Gasteiger partial charge in [-0.25, -0.2) is 0 Å². The molecule has 1 N–H and O–H groups in total. The molecular weight excluding hydrogens is 270 g/mol. The van der Waals surface area contributed by atoms with Gasteiger partial charge in [0.15, 0.2) is 17.3 Å². The van der Waals surface area contributed by atoms with Crippen molar-refractivity contribution in [3.05, 3.63) is 35.5 Å². The van der Waals surface area contributed by atoms with E-state index in [1.165, 1.54) is 0 Å². The van der Waals surface area contributed by atoms with E-state index in [4.69, 9.17) is 14.0 Å². The van der Waals surface area contributed by atoms with Crippen molar-refractivity contribution in [3.8, 4) is 11.5 Å². The Morgan fingerprint density at radius 3 is 2.57 bits per heavy atom. The van der Waals surface area contributed by atoms with Gasteiger partial charge in [-0.2, -0.15) is 4.98 Å². The van der Waals surface area contributed by atoms with Crippen LogP contribution in [0, 0.1) is 6.92 Å². The van der Waals surface area contributed by atoms with Crippen molar-refractivity contribution in [3.63, 3.8) is 0 Å². The van der Waals surface area contributed by atoms with E-state index in [0.717, 1.165) is 23.5 Å². The van der Waals surface area contributed by atoms with Crippen LogP contribution in [-0.2, 0) is 6.54 Å². The Kier molecular flexibility index (Phi) is 5.16. The fraction of sp³-hybridized carbons (Fsp3) is 0.467. The molecule has 2 aromatic rings. The van der Waals surface area contributed by atoms with Crippen LogP contribution in [0.15, 0.2) is 22.7 Å². The third kappa shape index (κ3) is 3.72. The molecule has 0 spiro atoms. The number of ether oxygens (including phenoxy) is 2. The Labute approximate surface area is 124 Å². The van der Waals surface area contributed by atoms with Gasteiger partial charge in [-0.05, 0) is 24.1 Å². The first-order chi connectivity index (χ1) is 10.2. The largest absolute Gasteiger partial charge is 0.493 e. The highest BCUT2D eigenvalue weighted by Crippen LogP contribution is 2.30. The summed E-state index contributed by atoms with van der Waals surface area (Å²) in [5.41, 5.74) is 1.13. The lowest BCUT2D eigenvalue weighted by Gasteiger charge is -2.18. The van der Waals surface area contributed by atoms with E-state index in [1.807, 2.05) is 18.2 Å². The summed E-state index contributed by atoms with van der Waals surface area (Å²) in [6.07, 6.45) is 0.937. The quantitative estimate of drug-likeness (QED) is 0.845. The molecule has 0 radical (unpaired) electrons. The number of rotatable bonds is 7. The van der Waals surface area contributed by atoms with Crippen molar-refractivity contribution in [2.45, 2.75) is 32.9 Å². The fourth-order valence-corrected chi connectivity index (χ4v) is 2.20. The van der Waals surface area contributed by atoms with E-state index in [9.17, 15) is 0 Å². The van der Waals surface area contributed by atoms with Crippen LogP contribution in [0.1, 0.15) is 36.7 Å². The van der Waals surface area contributed by atoms with E-state index in [-0.39, 0.29) is 6.04 Å². The van der Waals surface area contributed by atoms with Gasteiger partial charge >= 0.3 is 0 Å². The summed E-state index contributed by atoms with van der Waals surface area (Å²) in [6.45, 7) is 4.46. The van der Waals surface area contributed by atoms with Gasteiger partial charge < -0.3 is 19.3 Å². The topological polar surface area (TPSA) is 69.4 Å². The number of benzene rings is 1. The second kappa shape index (κ2) is 7.08. The molecule has 0 aliphatic carbocycles. The number of methoxy groups -OCH3 is 2. The average molecular weight is 291 g/mol. The summed E-state index contributed by atoms with van der Waals surface area (Å²) in [7, 11) is 3.27. The molecule has 1 atom stereocenters. The molecule has 0 aliphatic rings. The van der Waals surface area contributed by atoms with Gasteiger partial charge in [-0.15, -0.1) is 0 Å². The normalized spacial score (nSPS) is 12.2. The smallest absolute Gasteiger partial charge is 0.223 e. The molecule has 1 aromatic heterocycles. The van der Waals surface area contributed by atoms with E-state index in [0.29, 0.717) is 18.3 Å². The Balaban J connectivity index is 2.09. The zero-order valence-electron chi connectivity index (χ0n) is 12.8. The SMILES string of the molecule is CCC(NCc1noc(C)n1)c1ccc(OC)c(OC)c1. The molecule has 2 rings (SSSR count). The maximum Gasteiger partial charge on any atom is 0.223 e. The number of nitrogens with zero attached hydrogens (tertiary/aromatic N) is 2. The highest BCUT2D eigenvalue weighted by Gasteiger charge is 2.13. The molecular formula is C15H21N3O3. The molecule has 0 aliphatic heterocycles. The standard InChI is InChI=1S/C15H21N3O3/c1-5-12(16-9-15-17-10(2)21-18-15)11-6-7-13(19-3)14(8-11)20-4/h6-8,12,16H,5,9H2,1-4H3. The number of hydrogen-bond donors (Lipinski definition) is 1. The van der Waals surface area contributed by atoms with Gasteiger partial charge in [0, 0.05) is 13.0 Å². The van der Waals surface area contributed by atoms with Gasteiger partial charge in [0.1, 0.15) is 0 Å². The minimum Gasteiger partial charge on any atom is -0.493 e. The summed E-state index contributed by atoms with van der Waals surface area (Å²) in [5.74, 6) is 2.69. The summed E-state index contributed by atoms with van der Waals surface area (Å²) in [6, 6.07) is 6.12. The minimum absolute atomic E-state index is 0.184. The summed E-state index contributed by atoms with van der Waals surface area (Å²) >= 11 is 0. The predicted octanol–water partition coefficient (Wildman–Crippen LogP) is 2.64. The second-order valence-corrected chi connectivity index (χ2v) is 4.69. The van der Waals surface area contributed by atoms with Crippen molar-refractivity contribution in [2.24, 2.45) is 0 Å². The highest BCUT2D eigenvalue weighted by atomic mass is 16.5. The predicted molar refractivity (Wildman–Crippen MR) is 78.5 cm³/mol. The third-order valence-electron chi connectivity index (χ3n) is 3.29. The first kappa shape index (κ1) is 15.3. The van der Waals surface area contributed by atoms with Crippen molar-refractivity contribution in [1.82, 2.24) is 15.5 Å². The fourth-order valence-electron chi connectivity index (χ4n) is 2.20. The lowest BCUT2D eigenvalue weighted by molar-refractivity contribution is 0.353. The first-order valence-corrected chi connectivity index (χ1v) is 6.92. The maximum absolute atomic E-state index is 5.35. The zero-order chi connectivity index (χ0) is 15.2. The Morgan fingerprint density at radius 2 is 2.00 bits per heavy atom. The van der Waals surface area contributed by atoms with E-state index >= 15 is 0 Å². The molecule has 0 bridgehead atoms. The van der Waals surface area contributed by atoms with Crippen LogP contribution in [-0.4, -0.2) is 24.4 Å². The summed E-state index contributed by atoms with van der Waals surface area (Å²) < 4.78 is 15.6. The van der Waals surface area contributed by atoms with Crippen LogP contribution in [0.3, 0.4) is 0 Å². The lowest BCUT2D eigenvalue weighted by Crippen LogP contribution is -2.21. The minimum atomic E-state index is 0.184. The third-order valence-corrected chi connectivity index (χ3v) is 3.29. The van der Waals surface area contributed by atoms with Crippen molar-refractivity contribution >= 4 is 0 Å². The molecule has 1 aromatic carbocycles. The van der Waals surface area contributed by atoms with E-state index in [1.54, 1.807) is 21.1 Å². The maximum atomic E-state index is 5.35. The van der Waals surface area contributed by atoms with Crippen LogP contribution in [0.5, 0.6) is 11.5 Å². The van der Waals surface area contributed by atoms with Gasteiger partial charge in [-0.3, -0.25) is 0 Å². The van der Waals surface area contributed by atoms with E-state index in [2.05, 4.69) is 22.4 Å². The monoisotopic (exact) mass is 291 g/mol. The van der Waals surface area contributed by atoms with Crippen LogP contribution >= 0.6 is 0 Å². The lowest BCUT2D eigenvalue weighted by atomic mass is 10.0. The Hall–Kier alpha value is -2.08. The van der Waals surface area contributed by atoms with Crippen LogP contribution in [0.4, 0.5) is 0 Å². The Bertz CT molecular complexity index is 583. The molecule has 0 fully saturated rings. The van der Waals surface area contributed by atoms with E-state index < -0.39 is 0 Å². The molecule has 1 unspecified atom stereocenters. The number of aromatic nitrogens is 2. The number of nitrogens with one attached hydrogen (secondary N) is 1. The molecule has 1 heterocycles. The van der Waals surface area contributed by atoms with Crippen molar-refractivity contribution < 1.29 is 14.0 Å². The number of aryl methyl sites for hydroxylation is 1. The summed E-state index contributed by atoms with van der Waals surface area (Å²) in [5, 5.41) is 7.31. The second-order valence-electron chi connectivity index (χ2n) is 4.69.